The number of hydrogen-bond donors (Lipinski definition) is 2. The van der Waals surface area contributed by atoms with Crippen LogP contribution in [0.5, 0.6) is 0 Å². The van der Waals surface area contributed by atoms with E-state index in [4.69, 9.17) is 16.3 Å². The molecule has 2 aromatic rings. The second-order valence-electron chi connectivity index (χ2n) is 5.27. The molecule has 0 saturated carbocycles. The van der Waals surface area contributed by atoms with E-state index >= 15 is 0 Å². The number of hydrogen-bond acceptors (Lipinski definition) is 4. The molecule has 2 rings (SSSR count). The molecule has 0 unspecified atom stereocenters. The Morgan fingerprint density at radius 1 is 1.04 bits per heavy atom. The van der Waals surface area contributed by atoms with Gasteiger partial charge in [-0.25, -0.2) is 4.39 Å². The number of nitrogens with one attached hydrogen (secondary N) is 2. The molecular weight excluding hydrogens is 363 g/mol. The Morgan fingerprint density at radius 2 is 1.77 bits per heavy atom. The SMILES string of the molecule is O=C(Cc1ccccc1)NCC(=O)OCC(=O)Nc1ccc(F)cc1Cl. The van der Waals surface area contributed by atoms with Gasteiger partial charge in [0.2, 0.25) is 5.91 Å². The zero-order valence-electron chi connectivity index (χ0n) is 13.6. The van der Waals surface area contributed by atoms with Gasteiger partial charge in [-0.1, -0.05) is 41.9 Å². The van der Waals surface area contributed by atoms with Gasteiger partial charge >= 0.3 is 5.97 Å². The van der Waals surface area contributed by atoms with Crippen molar-refractivity contribution in [1.82, 2.24) is 5.32 Å². The number of esters is 1. The summed E-state index contributed by atoms with van der Waals surface area (Å²) in [6.45, 7) is -0.905. The first-order valence-electron chi connectivity index (χ1n) is 7.65. The molecule has 0 heterocycles. The first-order valence-corrected chi connectivity index (χ1v) is 8.03. The lowest BCUT2D eigenvalue weighted by atomic mass is 10.1. The molecule has 0 aromatic heterocycles. The van der Waals surface area contributed by atoms with Gasteiger partial charge in [0.1, 0.15) is 12.4 Å². The number of halogens is 2. The maximum atomic E-state index is 12.9. The summed E-state index contributed by atoms with van der Waals surface area (Å²) in [5, 5.41) is 4.83. The molecule has 0 bridgehead atoms. The maximum Gasteiger partial charge on any atom is 0.325 e. The lowest BCUT2D eigenvalue weighted by Gasteiger charge is -2.09. The van der Waals surface area contributed by atoms with Crippen molar-refractivity contribution in [3.63, 3.8) is 0 Å². The van der Waals surface area contributed by atoms with Gasteiger partial charge in [-0.2, -0.15) is 0 Å². The highest BCUT2D eigenvalue weighted by atomic mass is 35.5. The van der Waals surface area contributed by atoms with Gasteiger partial charge in [0, 0.05) is 0 Å². The summed E-state index contributed by atoms with van der Waals surface area (Å²) in [7, 11) is 0. The molecule has 8 heteroatoms. The minimum atomic E-state index is -0.758. The average Bonchev–Trinajstić information content (AvgIpc) is 2.61. The Kier molecular flexibility index (Phi) is 7.11. The Morgan fingerprint density at radius 3 is 2.46 bits per heavy atom. The smallest absolute Gasteiger partial charge is 0.325 e. The van der Waals surface area contributed by atoms with Crippen molar-refractivity contribution in [2.45, 2.75) is 6.42 Å². The molecule has 26 heavy (non-hydrogen) atoms. The molecule has 0 spiro atoms. The fourth-order valence-corrected chi connectivity index (χ4v) is 2.20. The van der Waals surface area contributed by atoms with E-state index in [-0.39, 0.29) is 29.6 Å². The molecule has 0 fully saturated rings. The van der Waals surface area contributed by atoms with Gasteiger partial charge < -0.3 is 15.4 Å². The normalized spacial score (nSPS) is 10.1. The second kappa shape index (κ2) is 9.53. The molecule has 2 N–H and O–H groups in total. The molecule has 6 nitrogen and oxygen atoms in total. The van der Waals surface area contributed by atoms with Crippen molar-refractivity contribution in [2.75, 3.05) is 18.5 Å². The Balaban J connectivity index is 1.69. The van der Waals surface area contributed by atoms with Crippen molar-refractivity contribution in [3.8, 4) is 0 Å². The predicted molar refractivity (Wildman–Crippen MR) is 94.2 cm³/mol. The van der Waals surface area contributed by atoms with Crippen LogP contribution in [-0.4, -0.2) is 30.9 Å². The van der Waals surface area contributed by atoms with Crippen molar-refractivity contribution in [2.24, 2.45) is 0 Å². The zero-order chi connectivity index (χ0) is 18.9. The highest BCUT2D eigenvalue weighted by Crippen LogP contribution is 2.22. The first-order chi connectivity index (χ1) is 12.4. The van der Waals surface area contributed by atoms with Crippen molar-refractivity contribution in [1.29, 1.82) is 0 Å². The highest BCUT2D eigenvalue weighted by molar-refractivity contribution is 6.33. The zero-order valence-corrected chi connectivity index (χ0v) is 14.4. The van der Waals surface area contributed by atoms with Crippen LogP contribution in [0.3, 0.4) is 0 Å². The van der Waals surface area contributed by atoms with Crippen LogP contribution in [0.1, 0.15) is 5.56 Å². The van der Waals surface area contributed by atoms with Gasteiger partial charge in [-0.05, 0) is 23.8 Å². The van der Waals surface area contributed by atoms with E-state index in [9.17, 15) is 18.8 Å². The summed E-state index contributed by atoms with van der Waals surface area (Å²) in [6.07, 6.45) is 0.137. The van der Waals surface area contributed by atoms with Gasteiger partial charge in [0.15, 0.2) is 6.61 Å². The molecule has 136 valence electrons. The van der Waals surface area contributed by atoms with E-state index in [0.29, 0.717) is 0 Å². The predicted octanol–water partition coefficient (Wildman–Crippen LogP) is 2.32. The summed E-state index contributed by atoms with van der Waals surface area (Å²) in [5.41, 5.74) is 1.01. The quantitative estimate of drug-likeness (QED) is 0.724. The van der Waals surface area contributed by atoms with Crippen molar-refractivity contribution in [3.05, 3.63) is 64.9 Å². The van der Waals surface area contributed by atoms with E-state index in [0.717, 1.165) is 17.7 Å². The topological polar surface area (TPSA) is 84.5 Å². The Hall–Kier alpha value is -2.93. The van der Waals surface area contributed by atoms with Crippen LogP contribution < -0.4 is 10.6 Å². The molecule has 0 aliphatic rings. The Labute approximate surface area is 154 Å². The van der Waals surface area contributed by atoms with E-state index in [1.807, 2.05) is 18.2 Å². The van der Waals surface area contributed by atoms with E-state index in [2.05, 4.69) is 10.6 Å². The number of carbonyl (C=O) groups is 3. The van der Waals surface area contributed by atoms with Crippen LogP contribution in [0, 0.1) is 5.82 Å². The summed E-state index contributed by atoms with van der Waals surface area (Å²) in [4.78, 5) is 35.0. The third kappa shape index (κ3) is 6.52. The van der Waals surface area contributed by atoms with E-state index in [1.54, 1.807) is 12.1 Å². The van der Waals surface area contributed by atoms with Gasteiger partial charge in [-0.3, -0.25) is 14.4 Å². The van der Waals surface area contributed by atoms with Gasteiger partial charge in [0.25, 0.3) is 5.91 Å². The van der Waals surface area contributed by atoms with Crippen LogP contribution >= 0.6 is 11.6 Å². The molecule has 0 saturated heterocycles. The number of benzene rings is 2. The average molecular weight is 379 g/mol. The van der Waals surface area contributed by atoms with E-state index in [1.165, 1.54) is 6.07 Å². The number of carbonyl (C=O) groups excluding carboxylic acids is 3. The molecular formula is C18H16ClFN2O4. The number of ether oxygens (including phenoxy) is 1. The fourth-order valence-electron chi connectivity index (χ4n) is 1.99. The van der Waals surface area contributed by atoms with Crippen LogP contribution in [0.4, 0.5) is 10.1 Å². The minimum absolute atomic E-state index is 0.0258. The van der Waals surface area contributed by atoms with Crippen molar-refractivity contribution < 1.29 is 23.5 Å². The lowest BCUT2D eigenvalue weighted by Crippen LogP contribution is -2.33. The van der Waals surface area contributed by atoms with Crippen LogP contribution in [-0.2, 0) is 25.5 Å². The molecule has 0 atom stereocenters. The number of rotatable bonds is 7. The van der Waals surface area contributed by atoms with Crippen LogP contribution in [0.25, 0.3) is 0 Å². The standard InChI is InChI=1S/C18H16ClFN2O4/c19-14-9-13(20)6-7-15(14)22-17(24)11-26-18(25)10-21-16(23)8-12-4-2-1-3-5-12/h1-7,9H,8,10-11H2,(H,21,23)(H,22,24). The number of anilines is 1. The summed E-state index contributed by atoms with van der Waals surface area (Å²) in [5.74, 6) is -2.27. The summed E-state index contributed by atoms with van der Waals surface area (Å²) >= 11 is 5.78. The van der Waals surface area contributed by atoms with Crippen LogP contribution in [0.15, 0.2) is 48.5 Å². The molecule has 2 aromatic carbocycles. The van der Waals surface area contributed by atoms with E-state index < -0.39 is 24.3 Å². The lowest BCUT2D eigenvalue weighted by molar-refractivity contribution is -0.147. The van der Waals surface area contributed by atoms with Gasteiger partial charge in [0.05, 0.1) is 17.1 Å². The van der Waals surface area contributed by atoms with Crippen LogP contribution in [0.2, 0.25) is 5.02 Å². The summed E-state index contributed by atoms with van der Waals surface area (Å²) < 4.78 is 17.7. The third-order valence-corrected chi connectivity index (χ3v) is 3.52. The fraction of sp³-hybridized carbons (Fsp3) is 0.167. The Bertz CT molecular complexity index is 799. The molecule has 0 aliphatic heterocycles. The number of amides is 2. The molecule has 0 aliphatic carbocycles. The first kappa shape index (κ1) is 19.4. The minimum Gasteiger partial charge on any atom is -0.454 e. The maximum absolute atomic E-state index is 12.9. The van der Waals surface area contributed by atoms with Crippen molar-refractivity contribution >= 4 is 35.1 Å². The highest BCUT2D eigenvalue weighted by Gasteiger charge is 2.11. The molecule has 0 radical (unpaired) electrons. The third-order valence-electron chi connectivity index (χ3n) is 3.21. The summed E-state index contributed by atoms with van der Waals surface area (Å²) in [6, 6.07) is 12.5. The largest absolute Gasteiger partial charge is 0.454 e. The second-order valence-corrected chi connectivity index (χ2v) is 5.68. The molecule has 2 amide bonds. The van der Waals surface area contributed by atoms with Gasteiger partial charge in [-0.15, -0.1) is 0 Å². The monoisotopic (exact) mass is 378 g/mol.